The molecule has 1 heterocycles. The molecule has 0 fully saturated rings. The van der Waals surface area contributed by atoms with E-state index in [-0.39, 0.29) is 18.1 Å². The number of rotatable bonds is 6. The second kappa shape index (κ2) is 10.2. The lowest BCUT2D eigenvalue weighted by molar-refractivity contribution is 0.0575. The number of nitrogens with two attached hydrogens (primary N) is 2. The zero-order valence-electron chi connectivity index (χ0n) is 21.0. The van der Waals surface area contributed by atoms with Crippen molar-refractivity contribution in [3.8, 4) is 11.5 Å². The number of primary amides is 1. The lowest BCUT2D eigenvalue weighted by atomic mass is 9.85. The van der Waals surface area contributed by atoms with Gasteiger partial charge >= 0.3 is 6.09 Å². The van der Waals surface area contributed by atoms with Crippen LogP contribution >= 0.6 is 0 Å². The van der Waals surface area contributed by atoms with Gasteiger partial charge < -0.3 is 30.9 Å². The van der Waals surface area contributed by atoms with Crippen molar-refractivity contribution in [2.75, 3.05) is 18.1 Å². The van der Waals surface area contributed by atoms with Crippen molar-refractivity contribution >= 4 is 23.6 Å². The van der Waals surface area contributed by atoms with Crippen molar-refractivity contribution in [1.29, 1.82) is 0 Å². The van der Waals surface area contributed by atoms with Crippen molar-refractivity contribution < 1.29 is 24.2 Å². The van der Waals surface area contributed by atoms with Gasteiger partial charge in [-0.25, -0.2) is 4.79 Å². The standard InChI is InChI=1S/C26H34N4O5/c1-6-34-25(33)29-24(28)30(20-10-8-7-9-19(20)23(27)32)14-13-26(5)12-11-18-17(4)21(31)15(2)16(3)22(18)35-26/h7-10,31H,6,11-14H2,1-5H3,(H2,27,32)(H2,28,29,33). The Morgan fingerprint density at radius 1 is 1.17 bits per heavy atom. The number of hydrogen-bond donors (Lipinski definition) is 3. The molecule has 1 aliphatic heterocycles. The van der Waals surface area contributed by atoms with Crippen LogP contribution in [0.4, 0.5) is 10.5 Å². The van der Waals surface area contributed by atoms with Crippen LogP contribution in [-0.2, 0) is 11.2 Å². The van der Waals surface area contributed by atoms with E-state index >= 15 is 0 Å². The summed E-state index contributed by atoms with van der Waals surface area (Å²) >= 11 is 0. The van der Waals surface area contributed by atoms with Crippen molar-refractivity contribution in [3.05, 3.63) is 52.1 Å². The SMILES string of the molecule is CCOC(=O)N=C(N)N(CCC1(C)CCc2c(C)c(O)c(C)c(C)c2O1)c1ccccc1C(N)=O. The smallest absolute Gasteiger partial charge is 0.436 e. The Bertz CT molecular complexity index is 1180. The molecule has 0 bridgehead atoms. The highest BCUT2D eigenvalue weighted by molar-refractivity contribution is 6.06. The molecule has 0 saturated carbocycles. The van der Waals surface area contributed by atoms with Crippen LogP contribution in [0, 0.1) is 20.8 Å². The third kappa shape index (κ3) is 5.34. The molecule has 1 aliphatic rings. The Morgan fingerprint density at radius 3 is 2.51 bits per heavy atom. The maximum atomic E-state index is 12.1. The summed E-state index contributed by atoms with van der Waals surface area (Å²) in [4.78, 5) is 29.5. The van der Waals surface area contributed by atoms with Gasteiger partial charge in [0.15, 0.2) is 0 Å². The fourth-order valence-corrected chi connectivity index (χ4v) is 4.40. The fraction of sp³-hybridized carbons (Fsp3) is 0.423. The molecule has 2 aromatic rings. The third-order valence-corrected chi connectivity index (χ3v) is 6.67. The molecule has 5 N–H and O–H groups in total. The predicted octanol–water partition coefficient (Wildman–Crippen LogP) is 3.87. The number of amides is 2. The number of benzene rings is 2. The molecule has 188 valence electrons. The fourth-order valence-electron chi connectivity index (χ4n) is 4.40. The van der Waals surface area contributed by atoms with Gasteiger partial charge in [0.2, 0.25) is 5.96 Å². The Hall–Kier alpha value is -3.75. The monoisotopic (exact) mass is 482 g/mol. The van der Waals surface area contributed by atoms with Crippen LogP contribution in [0.3, 0.4) is 0 Å². The second-order valence-electron chi connectivity index (χ2n) is 9.04. The summed E-state index contributed by atoms with van der Waals surface area (Å²) in [5.41, 5.74) is 15.5. The summed E-state index contributed by atoms with van der Waals surface area (Å²) in [5.74, 6) is 0.379. The number of anilines is 1. The molecule has 3 rings (SSSR count). The van der Waals surface area contributed by atoms with E-state index in [9.17, 15) is 14.7 Å². The van der Waals surface area contributed by atoms with Crippen LogP contribution in [0.1, 0.15) is 59.3 Å². The van der Waals surface area contributed by atoms with Crippen molar-refractivity contribution in [2.45, 2.75) is 59.5 Å². The number of fused-ring (bicyclic) bond motifs is 1. The molecule has 2 amide bonds. The average Bonchev–Trinajstić information content (AvgIpc) is 2.81. The number of para-hydroxylation sites is 1. The van der Waals surface area contributed by atoms with Crippen LogP contribution in [0.25, 0.3) is 0 Å². The van der Waals surface area contributed by atoms with E-state index in [0.29, 0.717) is 30.8 Å². The van der Waals surface area contributed by atoms with Gasteiger partial charge in [0.1, 0.15) is 17.1 Å². The Morgan fingerprint density at radius 2 is 1.86 bits per heavy atom. The molecule has 35 heavy (non-hydrogen) atoms. The summed E-state index contributed by atoms with van der Waals surface area (Å²) in [5, 5.41) is 10.5. The van der Waals surface area contributed by atoms with Gasteiger partial charge in [-0.1, -0.05) is 12.1 Å². The number of ether oxygens (including phenoxy) is 2. The first-order valence-corrected chi connectivity index (χ1v) is 11.7. The van der Waals surface area contributed by atoms with E-state index < -0.39 is 17.6 Å². The zero-order valence-corrected chi connectivity index (χ0v) is 21.0. The van der Waals surface area contributed by atoms with Gasteiger partial charge in [-0.05, 0) is 76.3 Å². The number of aliphatic imine (C=N–C) groups is 1. The molecular formula is C26H34N4O5. The van der Waals surface area contributed by atoms with Crippen molar-refractivity contribution in [1.82, 2.24) is 0 Å². The molecule has 9 heteroatoms. The van der Waals surface area contributed by atoms with Crippen LogP contribution in [0.5, 0.6) is 11.5 Å². The predicted molar refractivity (Wildman–Crippen MR) is 135 cm³/mol. The van der Waals surface area contributed by atoms with E-state index in [1.807, 2.05) is 27.7 Å². The largest absolute Gasteiger partial charge is 0.507 e. The average molecular weight is 483 g/mol. The molecule has 0 aliphatic carbocycles. The van der Waals surface area contributed by atoms with Crippen LogP contribution < -0.4 is 21.1 Å². The Balaban J connectivity index is 1.94. The minimum Gasteiger partial charge on any atom is -0.507 e. The highest BCUT2D eigenvalue weighted by Gasteiger charge is 2.35. The van der Waals surface area contributed by atoms with Gasteiger partial charge in [-0.3, -0.25) is 4.79 Å². The Labute approximate surface area is 205 Å². The number of aromatic hydroxyl groups is 1. The second-order valence-corrected chi connectivity index (χ2v) is 9.04. The van der Waals surface area contributed by atoms with E-state index in [0.717, 1.165) is 34.4 Å². The normalized spacial score (nSPS) is 17.3. The highest BCUT2D eigenvalue weighted by Crippen LogP contribution is 2.44. The maximum absolute atomic E-state index is 12.1. The maximum Gasteiger partial charge on any atom is 0.436 e. The first kappa shape index (κ1) is 25.9. The van der Waals surface area contributed by atoms with Gasteiger partial charge in [-0.15, -0.1) is 4.99 Å². The number of carbonyl (C=O) groups excluding carboxylic acids is 2. The number of phenolic OH excluding ortho intramolecular Hbond substituents is 1. The number of carbonyl (C=O) groups is 2. The van der Waals surface area contributed by atoms with Crippen LogP contribution in [0.2, 0.25) is 0 Å². The van der Waals surface area contributed by atoms with Crippen molar-refractivity contribution in [2.24, 2.45) is 16.5 Å². The lowest BCUT2D eigenvalue weighted by Crippen LogP contribution is -2.45. The molecule has 2 aromatic carbocycles. The lowest BCUT2D eigenvalue weighted by Gasteiger charge is -2.39. The topological polar surface area (TPSA) is 140 Å². The van der Waals surface area contributed by atoms with Gasteiger partial charge in [0.05, 0.1) is 17.9 Å². The summed E-state index contributed by atoms with van der Waals surface area (Å²) in [6, 6.07) is 6.75. The molecule has 0 saturated heterocycles. The van der Waals surface area contributed by atoms with E-state index in [1.165, 1.54) is 0 Å². The highest BCUT2D eigenvalue weighted by atomic mass is 16.5. The van der Waals surface area contributed by atoms with E-state index in [4.69, 9.17) is 20.9 Å². The number of phenols is 1. The van der Waals surface area contributed by atoms with E-state index in [2.05, 4.69) is 4.99 Å². The van der Waals surface area contributed by atoms with Gasteiger partial charge in [0, 0.05) is 18.5 Å². The molecule has 0 aromatic heterocycles. The summed E-state index contributed by atoms with van der Waals surface area (Å²) in [7, 11) is 0. The number of nitrogens with zero attached hydrogens (tertiary/aromatic N) is 2. The minimum atomic E-state index is -0.818. The Kier molecular flexibility index (Phi) is 7.57. The third-order valence-electron chi connectivity index (χ3n) is 6.67. The van der Waals surface area contributed by atoms with Crippen LogP contribution in [-0.4, -0.2) is 41.8 Å². The summed E-state index contributed by atoms with van der Waals surface area (Å²) in [6.45, 7) is 9.88. The zero-order chi connectivity index (χ0) is 25.9. The molecule has 1 atom stereocenters. The first-order valence-electron chi connectivity index (χ1n) is 11.7. The van der Waals surface area contributed by atoms with Crippen molar-refractivity contribution in [3.63, 3.8) is 0 Å². The molecule has 0 radical (unpaired) electrons. The first-order chi connectivity index (χ1) is 16.5. The van der Waals surface area contributed by atoms with Crippen LogP contribution in [0.15, 0.2) is 29.3 Å². The summed E-state index contributed by atoms with van der Waals surface area (Å²) < 4.78 is 11.4. The molecule has 0 spiro atoms. The quantitative estimate of drug-likeness (QED) is 0.419. The molecule has 1 unspecified atom stereocenters. The molecule has 9 nitrogen and oxygen atoms in total. The van der Waals surface area contributed by atoms with Gasteiger partial charge in [-0.2, -0.15) is 0 Å². The summed E-state index contributed by atoms with van der Waals surface area (Å²) in [6.07, 6.45) is 1.15. The van der Waals surface area contributed by atoms with E-state index in [1.54, 1.807) is 36.1 Å². The molecular weight excluding hydrogens is 448 g/mol. The number of hydrogen-bond acceptors (Lipinski definition) is 5. The number of guanidine groups is 1. The minimum absolute atomic E-state index is 0.107. The van der Waals surface area contributed by atoms with Gasteiger partial charge in [0.25, 0.3) is 5.91 Å².